The van der Waals surface area contributed by atoms with Gasteiger partial charge in [-0.05, 0) is 62.6 Å². The van der Waals surface area contributed by atoms with Gasteiger partial charge in [-0.2, -0.15) is 0 Å². The van der Waals surface area contributed by atoms with Gasteiger partial charge in [0.2, 0.25) is 5.91 Å². The van der Waals surface area contributed by atoms with Gasteiger partial charge in [0.1, 0.15) is 15.5 Å². The third kappa shape index (κ3) is 6.43. The monoisotopic (exact) mass is 551 g/mol. The van der Waals surface area contributed by atoms with Crippen LogP contribution in [0.5, 0.6) is 5.75 Å². The molecule has 0 aliphatic carbocycles. The van der Waals surface area contributed by atoms with E-state index in [9.17, 15) is 14.4 Å². The van der Waals surface area contributed by atoms with Crippen molar-refractivity contribution in [2.24, 2.45) is 0 Å². The first-order valence-corrected chi connectivity index (χ1v) is 14.1. The number of hydrogen-bond acceptors (Lipinski definition) is 8. The Kier molecular flexibility index (Phi) is 9.19. The van der Waals surface area contributed by atoms with Gasteiger partial charge in [-0.15, -0.1) is 11.3 Å². The minimum absolute atomic E-state index is 0.0611. The lowest BCUT2D eigenvalue weighted by atomic mass is 10.1. The van der Waals surface area contributed by atoms with Crippen molar-refractivity contribution in [3.05, 3.63) is 81.0 Å². The fourth-order valence-corrected chi connectivity index (χ4v) is 5.85. The molecular formula is C28H29N3O5S2. The molecule has 0 aliphatic rings. The summed E-state index contributed by atoms with van der Waals surface area (Å²) in [6, 6.07) is 17.0. The maximum atomic E-state index is 13.7. The van der Waals surface area contributed by atoms with Crippen molar-refractivity contribution in [2.45, 2.75) is 38.9 Å². The number of hydrogen-bond donors (Lipinski definition) is 1. The Bertz CT molecular complexity index is 1480. The molecule has 2 aromatic carbocycles. The molecule has 198 valence electrons. The normalized spacial score (nSPS) is 10.9. The van der Waals surface area contributed by atoms with Crippen LogP contribution in [0, 0.1) is 6.92 Å². The third-order valence-corrected chi connectivity index (χ3v) is 7.87. The molecule has 0 fully saturated rings. The van der Waals surface area contributed by atoms with Gasteiger partial charge in [0.25, 0.3) is 5.56 Å². The van der Waals surface area contributed by atoms with Crippen LogP contribution in [0.1, 0.15) is 34.6 Å². The van der Waals surface area contributed by atoms with E-state index < -0.39 is 5.97 Å². The summed E-state index contributed by atoms with van der Waals surface area (Å²) in [6.07, 6.45) is 0.619. The number of aromatic nitrogens is 2. The number of nitrogens with zero attached hydrogens (tertiary/aromatic N) is 2. The van der Waals surface area contributed by atoms with Crippen LogP contribution in [-0.2, 0) is 22.5 Å². The molecule has 8 nitrogen and oxygen atoms in total. The highest BCUT2D eigenvalue weighted by Crippen LogP contribution is 2.30. The SMILES string of the molecule is CCOC(=O)c1sc2nc(SCC(=O)Nc3ccc(OCC)cc3)n(CCc3ccccc3)c(=O)c2c1C. The van der Waals surface area contributed by atoms with Crippen molar-refractivity contribution in [1.82, 2.24) is 9.55 Å². The Morgan fingerprint density at radius 3 is 2.47 bits per heavy atom. The summed E-state index contributed by atoms with van der Waals surface area (Å²) in [4.78, 5) is 44.4. The molecular weight excluding hydrogens is 522 g/mol. The molecule has 2 heterocycles. The summed E-state index contributed by atoms with van der Waals surface area (Å²) >= 11 is 2.33. The van der Waals surface area contributed by atoms with Crippen LogP contribution in [0.2, 0.25) is 0 Å². The number of thioether (sulfide) groups is 1. The molecule has 0 atom stereocenters. The molecule has 38 heavy (non-hydrogen) atoms. The summed E-state index contributed by atoms with van der Waals surface area (Å²) in [7, 11) is 0. The van der Waals surface area contributed by atoms with Crippen LogP contribution in [0.25, 0.3) is 10.2 Å². The quantitative estimate of drug-likeness (QED) is 0.153. The zero-order chi connectivity index (χ0) is 27.1. The number of nitrogens with one attached hydrogen (secondary N) is 1. The van der Waals surface area contributed by atoms with E-state index in [0.29, 0.717) is 51.1 Å². The molecule has 0 bridgehead atoms. The molecule has 4 aromatic rings. The van der Waals surface area contributed by atoms with E-state index in [4.69, 9.17) is 14.5 Å². The Balaban J connectivity index is 1.60. The van der Waals surface area contributed by atoms with Crippen LogP contribution >= 0.6 is 23.1 Å². The van der Waals surface area contributed by atoms with Crippen molar-refractivity contribution in [1.29, 1.82) is 0 Å². The largest absolute Gasteiger partial charge is 0.494 e. The van der Waals surface area contributed by atoms with Crippen LogP contribution in [-0.4, -0.2) is 40.4 Å². The number of amides is 1. The van der Waals surface area contributed by atoms with Crippen LogP contribution in [0.3, 0.4) is 0 Å². The number of carbonyl (C=O) groups excluding carboxylic acids is 2. The molecule has 0 spiro atoms. The lowest BCUT2D eigenvalue weighted by molar-refractivity contribution is -0.113. The Hall–Kier alpha value is -3.63. The summed E-state index contributed by atoms with van der Waals surface area (Å²) in [5.74, 6) is 0.101. The number of benzene rings is 2. The number of fused-ring (bicyclic) bond motifs is 1. The molecule has 1 N–H and O–H groups in total. The smallest absolute Gasteiger partial charge is 0.348 e. The van der Waals surface area contributed by atoms with E-state index in [2.05, 4.69) is 5.32 Å². The molecule has 4 rings (SSSR count). The first-order valence-electron chi connectivity index (χ1n) is 12.3. The molecule has 0 saturated carbocycles. The number of aryl methyl sites for hydroxylation is 2. The van der Waals surface area contributed by atoms with E-state index in [1.807, 2.05) is 37.3 Å². The topological polar surface area (TPSA) is 99.5 Å². The van der Waals surface area contributed by atoms with E-state index in [-0.39, 0.29) is 23.8 Å². The molecule has 0 aliphatic heterocycles. The minimum Gasteiger partial charge on any atom is -0.494 e. The highest BCUT2D eigenvalue weighted by molar-refractivity contribution is 7.99. The summed E-state index contributed by atoms with van der Waals surface area (Å²) in [6.45, 7) is 6.59. The molecule has 1 amide bonds. The van der Waals surface area contributed by atoms with Crippen LogP contribution in [0.4, 0.5) is 5.69 Å². The van der Waals surface area contributed by atoms with Crippen molar-refractivity contribution in [3.63, 3.8) is 0 Å². The Morgan fingerprint density at radius 1 is 1.05 bits per heavy atom. The van der Waals surface area contributed by atoms with Crippen molar-refractivity contribution in [2.75, 3.05) is 24.3 Å². The van der Waals surface area contributed by atoms with Crippen molar-refractivity contribution in [3.8, 4) is 5.75 Å². The summed E-state index contributed by atoms with van der Waals surface area (Å²) in [5.41, 5.74) is 2.07. The number of ether oxygens (including phenoxy) is 2. The van der Waals surface area contributed by atoms with Gasteiger partial charge in [-0.3, -0.25) is 14.2 Å². The summed E-state index contributed by atoms with van der Waals surface area (Å²) in [5, 5.41) is 3.70. The van der Waals surface area contributed by atoms with E-state index >= 15 is 0 Å². The zero-order valence-electron chi connectivity index (χ0n) is 21.5. The van der Waals surface area contributed by atoms with Gasteiger partial charge in [0, 0.05) is 12.2 Å². The standard InChI is InChI=1S/C28H29N3O5S2/c1-4-35-21-13-11-20(12-14-21)29-22(32)17-37-28-30-25-23(18(3)24(38-25)27(34)36-5-2)26(33)31(28)16-15-19-9-7-6-8-10-19/h6-14H,4-5,15-17H2,1-3H3,(H,29,32). The maximum Gasteiger partial charge on any atom is 0.348 e. The lowest BCUT2D eigenvalue weighted by Crippen LogP contribution is -2.25. The Morgan fingerprint density at radius 2 is 1.79 bits per heavy atom. The zero-order valence-corrected chi connectivity index (χ0v) is 23.1. The van der Waals surface area contributed by atoms with E-state index in [1.54, 1.807) is 42.7 Å². The number of carbonyl (C=O) groups is 2. The second-order valence-corrected chi connectivity index (χ2v) is 10.3. The number of rotatable bonds is 11. The van der Waals surface area contributed by atoms with Crippen molar-refractivity contribution >= 4 is 50.9 Å². The van der Waals surface area contributed by atoms with Crippen LogP contribution in [0.15, 0.2) is 64.5 Å². The fourth-order valence-electron chi connectivity index (χ4n) is 3.91. The number of thiophene rings is 1. The Labute approximate surface area is 229 Å². The molecule has 2 aromatic heterocycles. The predicted molar refractivity (Wildman–Crippen MR) is 152 cm³/mol. The first kappa shape index (κ1) is 27.4. The van der Waals surface area contributed by atoms with Gasteiger partial charge >= 0.3 is 5.97 Å². The first-order chi connectivity index (χ1) is 18.4. The molecule has 10 heteroatoms. The number of esters is 1. The van der Waals surface area contributed by atoms with Gasteiger partial charge < -0.3 is 14.8 Å². The lowest BCUT2D eigenvalue weighted by Gasteiger charge is -2.12. The van der Waals surface area contributed by atoms with Crippen LogP contribution < -0.4 is 15.6 Å². The average molecular weight is 552 g/mol. The van der Waals surface area contributed by atoms with E-state index in [0.717, 1.165) is 22.6 Å². The molecule has 0 saturated heterocycles. The predicted octanol–water partition coefficient (Wildman–Crippen LogP) is 5.32. The highest BCUT2D eigenvalue weighted by Gasteiger charge is 2.23. The second kappa shape index (κ2) is 12.7. The van der Waals surface area contributed by atoms with Crippen molar-refractivity contribution < 1.29 is 19.1 Å². The number of anilines is 1. The summed E-state index contributed by atoms with van der Waals surface area (Å²) < 4.78 is 12.2. The molecule has 0 unspecified atom stereocenters. The molecule has 0 radical (unpaired) electrons. The highest BCUT2D eigenvalue weighted by atomic mass is 32.2. The fraction of sp³-hybridized carbons (Fsp3) is 0.286. The minimum atomic E-state index is -0.466. The van der Waals surface area contributed by atoms with Gasteiger partial charge in [-0.1, -0.05) is 42.1 Å². The third-order valence-electron chi connectivity index (χ3n) is 5.72. The second-order valence-electron chi connectivity index (χ2n) is 8.34. The van der Waals surface area contributed by atoms with Gasteiger partial charge in [0.05, 0.1) is 24.4 Å². The van der Waals surface area contributed by atoms with Gasteiger partial charge in [-0.25, -0.2) is 9.78 Å². The van der Waals surface area contributed by atoms with Gasteiger partial charge in [0.15, 0.2) is 5.16 Å². The maximum absolute atomic E-state index is 13.7. The average Bonchev–Trinajstić information content (AvgIpc) is 3.25. The van der Waals surface area contributed by atoms with E-state index in [1.165, 1.54) is 11.8 Å².